The number of aromatic nitrogens is 2. The molecule has 0 radical (unpaired) electrons. The molecule has 1 unspecified atom stereocenters. The van der Waals surface area contributed by atoms with Crippen molar-refractivity contribution >= 4 is 17.6 Å². The zero-order valence-corrected chi connectivity index (χ0v) is 20.8. The van der Waals surface area contributed by atoms with E-state index in [-0.39, 0.29) is 19.0 Å². The van der Waals surface area contributed by atoms with Gasteiger partial charge in [0.05, 0.1) is 46.9 Å². The molecule has 1 aromatic carbocycles. The van der Waals surface area contributed by atoms with Gasteiger partial charge in [0.2, 0.25) is 0 Å². The molecule has 3 aromatic rings. The Kier molecular flexibility index (Phi) is 8.86. The Bertz CT molecular complexity index is 1230. The van der Waals surface area contributed by atoms with E-state index in [1.54, 1.807) is 18.3 Å². The second-order valence-electron chi connectivity index (χ2n) is 9.16. The van der Waals surface area contributed by atoms with Crippen molar-refractivity contribution in [2.45, 2.75) is 45.8 Å². The van der Waals surface area contributed by atoms with Crippen LogP contribution >= 0.6 is 0 Å². The van der Waals surface area contributed by atoms with Crippen LogP contribution in [-0.2, 0) is 11.0 Å². The molecule has 2 heterocycles. The molecule has 0 aliphatic rings. The van der Waals surface area contributed by atoms with Crippen molar-refractivity contribution in [1.29, 1.82) is 0 Å². The average molecular weight is 515 g/mol. The van der Waals surface area contributed by atoms with Crippen molar-refractivity contribution in [3.8, 4) is 11.3 Å². The van der Waals surface area contributed by atoms with Crippen LogP contribution in [0.25, 0.3) is 11.3 Å². The fraction of sp³-hybridized carbons (Fsp3) is 0.333. The van der Waals surface area contributed by atoms with Crippen LogP contribution in [0.3, 0.4) is 0 Å². The number of pyridine rings is 2. The van der Waals surface area contributed by atoms with Gasteiger partial charge >= 0.3 is 12.1 Å². The van der Waals surface area contributed by atoms with E-state index in [1.807, 2.05) is 13.0 Å². The fourth-order valence-corrected chi connectivity index (χ4v) is 3.83. The second kappa shape index (κ2) is 11.9. The topological polar surface area (TPSA) is 104 Å². The number of nitrogens with zero attached hydrogens (tertiary/aromatic N) is 2. The number of amides is 1. The van der Waals surface area contributed by atoms with Gasteiger partial charge in [0.1, 0.15) is 0 Å². The standard InChI is InChI=1S/C27H29F3N4O3/c1-16(2)12-23(22-9-6-19(14-32-22)26(37)31-11-10-24(35)36)34-21-13-17(3)25(33-15-21)18-4-7-20(8-5-18)27(28,29)30/h4-9,13-16,23,34H,10-12H2,1-3H3,(H,31,37)(H,35,36). The van der Waals surface area contributed by atoms with Crippen molar-refractivity contribution in [2.24, 2.45) is 5.92 Å². The predicted octanol–water partition coefficient (Wildman–Crippen LogP) is 5.87. The Balaban J connectivity index is 1.75. The van der Waals surface area contributed by atoms with Crippen molar-refractivity contribution < 1.29 is 27.9 Å². The first-order valence-electron chi connectivity index (χ1n) is 11.8. The van der Waals surface area contributed by atoms with E-state index in [9.17, 15) is 22.8 Å². The zero-order chi connectivity index (χ0) is 27.2. The lowest BCUT2D eigenvalue weighted by atomic mass is 9.99. The van der Waals surface area contributed by atoms with Crippen LogP contribution in [0.15, 0.2) is 54.9 Å². The lowest BCUT2D eigenvalue weighted by molar-refractivity contribution is -0.138. The summed E-state index contributed by atoms with van der Waals surface area (Å²) in [7, 11) is 0. The van der Waals surface area contributed by atoms with Crippen LogP contribution < -0.4 is 10.6 Å². The van der Waals surface area contributed by atoms with Crippen LogP contribution in [0.1, 0.15) is 59.9 Å². The predicted molar refractivity (Wildman–Crippen MR) is 134 cm³/mol. The highest BCUT2D eigenvalue weighted by molar-refractivity contribution is 5.94. The van der Waals surface area contributed by atoms with Gasteiger partial charge in [-0.25, -0.2) is 0 Å². The highest BCUT2D eigenvalue weighted by Crippen LogP contribution is 2.32. The van der Waals surface area contributed by atoms with E-state index in [1.165, 1.54) is 18.3 Å². The zero-order valence-electron chi connectivity index (χ0n) is 20.8. The molecule has 0 aliphatic carbocycles. The highest BCUT2D eigenvalue weighted by atomic mass is 19.4. The molecular weight excluding hydrogens is 485 g/mol. The number of benzene rings is 1. The largest absolute Gasteiger partial charge is 0.481 e. The number of hydrogen-bond donors (Lipinski definition) is 3. The normalized spacial score (nSPS) is 12.3. The number of carboxylic acids is 1. The number of carbonyl (C=O) groups excluding carboxylic acids is 1. The van der Waals surface area contributed by atoms with E-state index < -0.39 is 23.6 Å². The lowest BCUT2D eigenvalue weighted by Gasteiger charge is -2.22. The maximum Gasteiger partial charge on any atom is 0.416 e. The Morgan fingerprint density at radius 3 is 2.27 bits per heavy atom. The summed E-state index contributed by atoms with van der Waals surface area (Å²) in [5.41, 5.74) is 3.06. The minimum atomic E-state index is -4.39. The quantitative estimate of drug-likeness (QED) is 0.312. The molecule has 2 aromatic heterocycles. The van der Waals surface area contributed by atoms with Crippen LogP contribution in [0.5, 0.6) is 0 Å². The van der Waals surface area contributed by atoms with Gasteiger partial charge in [-0.15, -0.1) is 0 Å². The number of halogens is 3. The summed E-state index contributed by atoms with van der Waals surface area (Å²) in [5.74, 6) is -1.06. The maximum absolute atomic E-state index is 12.9. The molecule has 7 nitrogen and oxygen atoms in total. The molecule has 37 heavy (non-hydrogen) atoms. The van der Waals surface area contributed by atoms with Crippen LogP contribution in [0, 0.1) is 12.8 Å². The Morgan fingerprint density at radius 1 is 1.03 bits per heavy atom. The number of hydrogen-bond acceptors (Lipinski definition) is 5. The summed E-state index contributed by atoms with van der Waals surface area (Å²) < 4.78 is 38.6. The summed E-state index contributed by atoms with van der Waals surface area (Å²) in [6.07, 6.45) is -0.717. The van der Waals surface area contributed by atoms with Gasteiger partial charge in [-0.05, 0) is 55.2 Å². The van der Waals surface area contributed by atoms with Gasteiger partial charge in [-0.1, -0.05) is 26.0 Å². The first-order chi connectivity index (χ1) is 17.4. The van der Waals surface area contributed by atoms with Gasteiger partial charge in [-0.2, -0.15) is 13.2 Å². The fourth-order valence-electron chi connectivity index (χ4n) is 3.83. The Labute approximate surface area is 213 Å². The number of nitrogens with one attached hydrogen (secondary N) is 2. The Morgan fingerprint density at radius 2 is 1.73 bits per heavy atom. The SMILES string of the molecule is Cc1cc(NC(CC(C)C)c2ccc(C(=O)NCCC(=O)O)cn2)cnc1-c1ccc(C(F)(F)F)cc1. The first kappa shape index (κ1) is 27.6. The van der Waals surface area contributed by atoms with Gasteiger partial charge in [0.15, 0.2) is 0 Å². The molecule has 3 N–H and O–H groups in total. The monoisotopic (exact) mass is 514 g/mol. The number of rotatable bonds is 10. The molecule has 1 amide bonds. The van der Waals surface area contributed by atoms with Crippen molar-refractivity contribution in [3.63, 3.8) is 0 Å². The highest BCUT2D eigenvalue weighted by Gasteiger charge is 2.30. The van der Waals surface area contributed by atoms with Crippen molar-refractivity contribution in [3.05, 3.63) is 77.2 Å². The van der Waals surface area contributed by atoms with Crippen LogP contribution in [0.4, 0.5) is 18.9 Å². The second-order valence-corrected chi connectivity index (χ2v) is 9.16. The van der Waals surface area contributed by atoms with E-state index in [0.717, 1.165) is 35.5 Å². The summed E-state index contributed by atoms with van der Waals surface area (Å²) in [6.45, 7) is 6.03. The third kappa shape index (κ3) is 7.77. The summed E-state index contributed by atoms with van der Waals surface area (Å²) in [6, 6.07) is 10.0. The van der Waals surface area contributed by atoms with Crippen LogP contribution in [-0.4, -0.2) is 33.5 Å². The van der Waals surface area contributed by atoms with E-state index >= 15 is 0 Å². The maximum atomic E-state index is 12.9. The molecule has 0 saturated carbocycles. The third-order valence-electron chi connectivity index (χ3n) is 5.64. The van der Waals surface area contributed by atoms with Gasteiger partial charge in [0.25, 0.3) is 5.91 Å². The Hall–Kier alpha value is -3.95. The van der Waals surface area contributed by atoms with E-state index in [2.05, 4.69) is 34.4 Å². The number of anilines is 1. The minimum Gasteiger partial charge on any atom is -0.481 e. The smallest absolute Gasteiger partial charge is 0.416 e. The molecule has 10 heteroatoms. The van der Waals surface area contributed by atoms with Crippen LogP contribution in [0.2, 0.25) is 0 Å². The van der Waals surface area contributed by atoms with Gasteiger partial charge in [-0.3, -0.25) is 19.6 Å². The summed E-state index contributed by atoms with van der Waals surface area (Å²) in [5, 5.41) is 14.7. The van der Waals surface area contributed by atoms with Crippen molar-refractivity contribution in [2.75, 3.05) is 11.9 Å². The molecule has 0 saturated heterocycles. The number of carbonyl (C=O) groups is 2. The summed E-state index contributed by atoms with van der Waals surface area (Å²) >= 11 is 0. The molecule has 0 aliphatic heterocycles. The van der Waals surface area contributed by atoms with E-state index in [4.69, 9.17) is 5.11 Å². The molecule has 196 valence electrons. The lowest BCUT2D eigenvalue weighted by Crippen LogP contribution is -2.26. The molecule has 0 bridgehead atoms. The summed E-state index contributed by atoms with van der Waals surface area (Å²) in [4.78, 5) is 31.8. The molecule has 0 spiro atoms. The van der Waals surface area contributed by atoms with Gasteiger partial charge in [0, 0.05) is 18.3 Å². The van der Waals surface area contributed by atoms with E-state index in [0.29, 0.717) is 22.7 Å². The number of carboxylic acid groups (broad SMARTS) is 1. The van der Waals surface area contributed by atoms with Gasteiger partial charge < -0.3 is 15.7 Å². The number of aryl methyl sites for hydroxylation is 1. The average Bonchev–Trinajstić information content (AvgIpc) is 2.83. The molecule has 1 atom stereocenters. The van der Waals surface area contributed by atoms with Crippen molar-refractivity contribution in [1.82, 2.24) is 15.3 Å². The number of aliphatic carboxylic acids is 1. The molecular formula is C27H29F3N4O3. The molecule has 0 fully saturated rings. The molecule has 3 rings (SSSR count). The third-order valence-corrected chi connectivity index (χ3v) is 5.64. The number of alkyl halides is 3. The minimum absolute atomic E-state index is 0.0300. The first-order valence-corrected chi connectivity index (χ1v) is 11.8.